The lowest BCUT2D eigenvalue weighted by Crippen LogP contribution is -2.38. The summed E-state index contributed by atoms with van der Waals surface area (Å²) in [5.41, 5.74) is 0. The number of unbranched alkanes of at least 4 members (excludes halogenated alkanes) is 7. The van der Waals surface area contributed by atoms with Crippen molar-refractivity contribution in [3.63, 3.8) is 0 Å². The van der Waals surface area contributed by atoms with E-state index in [0.717, 1.165) is 38.5 Å². The third kappa shape index (κ3) is 17.4. The highest BCUT2D eigenvalue weighted by molar-refractivity contribution is 5.79. The number of hydrogen-bond acceptors (Lipinski definition) is 3. The SMILES string of the molecule is CCCCCCCCCNC(=NC)NCCCCOCCOC. The number of rotatable bonds is 16. The van der Waals surface area contributed by atoms with Crippen molar-refractivity contribution in [2.75, 3.05) is 47.1 Å². The summed E-state index contributed by atoms with van der Waals surface area (Å²) in [7, 11) is 3.52. The number of aliphatic imine (C=N–C) groups is 1. The molecular weight excluding hydrogens is 290 g/mol. The summed E-state index contributed by atoms with van der Waals surface area (Å²) in [6.45, 7) is 6.36. The molecule has 0 amide bonds. The van der Waals surface area contributed by atoms with Gasteiger partial charge in [-0.25, -0.2) is 0 Å². The first kappa shape index (κ1) is 22.2. The molecular formula is C18H39N3O2. The molecule has 0 bridgehead atoms. The van der Waals surface area contributed by atoms with E-state index in [1.165, 1.54) is 44.9 Å². The van der Waals surface area contributed by atoms with Crippen molar-refractivity contribution < 1.29 is 9.47 Å². The number of ether oxygens (including phenoxy) is 2. The first-order valence-corrected chi connectivity index (χ1v) is 9.36. The van der Waals surface area contributed by atoms with E-state index >= 15 is 0 Å². The molecule has 0 saturated carbocycles. The van der Waals surface area contributed by atoms with Crippen LogP contribution in [-0.2, 0) is 9.47 Å². The largest absolute Gasteiger partial charge is 0.382 e. The third-order valence-corrected chi connectivity index (χ3v) is 3.74. The molecule has 0 spiro atoms. The van der Waals surface area contributed by atoms with Gasteiger partial charge in [0.15, 0.2) is 5.96 Å². The maximum Gasteiger partial charge on any atom is 0.190 e. The summed E-state index contributed by atoms with van der Waals surface area (Å²) in [5.74, 6) is 0.913. The van der Waals surface area contributed by atoms with Crippen molar-refractivity contribution in [3.05, 3.63) is 0 Å². The van der Waals surface area contributed by atoms with Gasteiger partial charge in [0.05, 0.1) is 13.2 Å². The van der Waals surface area contributed by atoms with E-state index in [9.17, 15) is 0 Å². The Balaban J connectivity index is 3.33. The number of methoxy groups -OCH3 is 1. The summed E-state index contributed by atoms with van der Waals surface area (Å²) >= 11 is 0. The first-order valence-electron chi connectivity index (χ1n) is 9.36. The number of guanidine groups is 1. The molecule has 2 N–H and O–H groups in total. The van der Waals surface area contributed by atoms with Gasteiger partial charge >= 0.3 is 0 Å². The van der Waals surface area contributed by atoms with E-state index in [-0.39, 0.29) is 0 Å². The van der Waals surface area contributed by atoms with Gasteiger partial charge in [0.1, 0.15) is 0 Å². The fraction of sp³-hybridized carbons (Fsp3) is 0.944. The predicted octanol–water partition coefficient (Wildman–Crippen LogP) is 3.35. The van der Waals surface area contributed by atoms with Crippen molar-refractivity contribution in [1.29, 1.82) is 0 Å². The Morgan fingerprint density at radius 1 is 0.783 bits per heavy atom. The molecule has 0 aromatic heterocycles. The number of nitrogens with one attached hydrogen (secondary N) is 2. The fourth-order valence-corrected chi connectivity index (χ4v) is 2.29. The lowest BCUT2D eigenvalue weighted by Gasteiger charge is -2.11. The fourth-order valence-electron chi connectivity index (χ4n) is 2.29. The summed E-state index contributed by atoms with van der Waals surface area (Å²) in [5, 5.41) is 6.73. The molecule has 0 saturated heterocycles. The predicted molar refractivity (Wildman–Crippen MR) is 99.3 cm³/mol. The molecule has 0 rings (SSSR count). The van der Waals surface area contributed by atoms with Crippen LogP contribution in [0.4, 0.5) is 0 Å². The van der Waals surface area contributed by atoms with Crippen LogP contribution in [0, 0.1) is 0 Å². The molecule has 5 heteroatoms. The highest BCUT2D eigenvalue weighted by atomic mass is 16.5. The Morgan fingerprint density at radius 3 is 2.00 bits per heavy atom. The monoisotopic (exact) mass is 329 g/mol. The van der Waals surface area contributed by atoms with Gasteiger partial charge in [0, 0.05) is 33.9 Å². The van der Waals surface area contributed by atoms with Crippen LogP contribution in [0.3, 0.4) is 0 Å². The molecule has 138 valence electrons. The van der Waals surface area contributed by atoms with Crippen molar-refractivity contribution in [2.24, 2.45) is 4.99 Å². The zero-order valence-electron chi connectivity index (χ0n) is 15.7. The second-order valence-corrected chi connectivity index (χ2v) is 5.86. The molecule has 0 fully saturated rings. The number of hydrogen-bond donors (Lipinski definition) is 2. The zero-order valence-corrected chi connectivity index (χ0v) is 15.7. The summed E-state index contributed by atoms with van der Waals surface area (Å²) in [6.07, 6.45) is 11.5. The van der Waals surface area contributed by atoms with Gasteiger partial charge in [-0.05, 0) is 19.3 Å². The summed E-state index contributed by atoms with van der Waals surface area (Å²) in [4.78, 5) is 4.25. The first-order chi connectivity index (χ1) is 11.3. The highest BCUT2D eigenvalue weighted by Crippen LogP contribution is 2.06. The second kappa shape index (κ2) is 19.2. The maximum atomic E-state index is 5.44. The Kier molecular flexibility index (Phi) is 18.6. The molecule has 5 nitrogen and oxygen atoms in total. The molecule has 0 aliphatic rings. The molecule has 0 heterocycles. The van der Waals surface area contributed by atoms with E-state index < -0.39 is 0 Å². The lowest BCUT2D eigenvalue weighted by molar-refractivity contribution is 0.0689. The van der Waals surface area contributed by atoms with Crippen molar-refractivity contribution in [2.45, 2.75) is 64.7 Å². The van der Waals surface area contributed by atoms with Gasteiger partial charge < -0.3 is 20.1 Å². The van der Waals surface area contributed by atoms with E-state index in [0.29, 0.717) is 13.2 Å². The molecule has 0 aromatic carbocycles. The second-order valence-electron chi connectivity index (χ2n) is 5.86. The molecule has 0 unspecified atom stereocenters. The van der Waals surface area contributed by atoms with Gasteiger partial charge in [0.25, 0.3) is 0 Å². The molecule has 0 aliphatic carbocycles. The zero-order chi connectivity index (χ0) is 17.0. The molecule has 23 heavy (non-hydrogen) atoms. The van der Waals surface area contributed by atoms with Crippen LogP contribution >= 0.6 is 0 Å². The van der Waals surface area contributed by atoms with E-state index in [4.69, 9.17) is 9.47 Å². The Labute approximate surface area is 143 Å². The maximum absolute atomic E-state index is 5.44. The van der Waals surface area contributed by atoms with Crippen LogP contribution in [0.1, 0.15) is 64.7 Å². The van der Waals surface area contributed by atoms with Gasteiger partial charge in [0.2, 0.25) is 0 Å². The van der Waals surface area contributed by atoms with Crippen LogP contribution in [-0.4, -0.2) is 53.0 Å². The normalized spacial score (nSPS) is 11.7. The van der Waals surface area contributed by atoms with Gasteiger partial charge in [-0.2, -0.15) is 0 Å². The average Bonchev–Trinajstić information content (AvgIpc) is 2.57. The standard InChI is InChI=1S/C18H39N3O2/c1-4-5-6-7-8-9-10-13-20-18(19-2)21-14-11-12-15-23-17-16-22-3/h4-17H2,1-3H3,(H2,19,20,21). The van der Waals surface area contributed by atoms with Gasteiger partial charge in [-0.15, -0.1) is 0 Å². The molecule has 0 radical (unpaired) electrons. The van der Waals surface area contributed by atoms with Crippen LogP contribution in [0.5, 0.6) is 0 Å². The summed E-state index contributed by atoms with van der Waals surface area (Å²) in [6, 6.07) is 0. The molecule has 0 aromatic rings. The topological polar surface area (TPSA) is 54.9 Å². The van der Waals surface area contributed by atoms with E-state index in [1.807, 2.05) is 7.05 Å². The average molecular weight is 330 g/mol. The lowest BCUT2D eigenvalue weighted by atomic mass is 10.1. The Bertz CT molecular complexity index is 239. The minimum absolute atomic E-state index is 0.674. The van der Waals surface area contributed by atoms with Gasteiger partial charge in [-0.3, -0.25) is 4.99 Å². The molecule has 0 aliphatic heterocycles. The van der Waals surface area contributed by atoms with Crippen LogP contribution in [0.25, 0.3) is 0 Å². The van der Waals surface area contributed by atoms with Crippen LogP contribution < -0.4 is 10.6 Å². The quantitative estimate of drug-likeness (QED) is 0.259. The van der Waals surface area contributed by atoms with Crippen molar-refractivity contribution >= 4 is 5.96 Å². The van der Waals surface area contributed by atoms with Gasteiger partial charge in [-0.1, -0.05) is 45.4 Å². The van der Waals surface area contributed by atoms with Crippen LogP contribution in [0.15, 0.2) is 4.99 Å². The molecule has 0 atom stereocenters. The van der Waals surface area contributed by atoms with Crippen molar-refractivity contribution in [1.82, 2.24) is 10.6 Å². The summed E-state index contributed by atoms with van der Waals surface area (Å²) < 4.78 is 10.4. The smallest absolute Gasteiger partial charge is 0.190 e. The minimum Gasteiger partial charge on any atom is -0.382 e. The van der Waals surface area contributed by atoms with E-state index in [1.54, 1.807) is 7.11 Å². The van der Waals surface area contributed by atoms with Crippen LogP contribution in [0.2, 0.25) is 0 Å². The highest BCUT2D eigenvalue weighted by Gasteiger charge is 1.97. The third-order valence-electron chi connectivity index (χ3n) is 3.74. The van der Waals surface area contributed by atoms with E-state index in [2.05, 4.69) is 22.5 Å². The Morgan fingerprint density at radius 2 is 1.39 bits per heavy atom. The minimum atomic E-state index is 0.674. The van der Waals surface area contributed by atoms with Crippen molar-refractivity contribution in [3.8, 4) is 0 Å². The Hall–Kier alpha value is -0.810. The number of nitrogens with zero attached hydrogens (tertiary/aromatic N) is 1.